The topological polar surface area (TPSA) is 82.9 Å². The minimum atomic E-state index is 0. The second kappa shape index (κ2) is 14.0. The molecule has 0 atom stereocenters. The van der Waals surface area contributed by atoms with E-state index in [0.29, 0.717) is 13.0 Å². The highest BCUT2D eigenvalue weighted by atomic mass is 127. The number of ether oxygens (including phenoxy) is 1. The van der Waals surface area contributed by atoms with Gasteiger partial charge in [0.1, 0.15) is 0 Å². The van der Waals surface area contributed by atoms with E-state index in [1.807, 2.05) is 48.8 Å². The largest absolute Gasteiger partial charge is 0.379 e. The van der Waals surface area contributed by atoms with Gasteiger partial charge in [0.25, 0.3) is 0 Å². The van der Waals surface area contributed by atoms with Crippen LogP contribution in [0.1, 0.15) is 12.0 Å². The number of morpholine rings is 1. The Morgan fingerprint density at radius 3 is 2.61 bits per heavy atom. The molecule has 0 spiro atoms. The molecule has 2 aromatic rings. The molecule has 1 saturated heterocycles. The molecule has 0 radical (unpaired) electrons. The van der Waals surface area contributed by atoms with E-state index >= 15 is 0 Å². The molecule has 0 unspecified atom stereocenters. The summed E-state index contributed by atoms with van der Waals surface area (Å²) in [5.41, 5.74) is 1.89. The van der Waals surface area contributed by atoms with E-state index in [-0.39, 0.29) is 29.9 Å². The number of aliphatic imine (C=N–C) groups is 1. The number of hydrogen-bond acceptors (Lipinski definition) is 4. The van der Waals surface area contributed by atoms with Crippen molar-refractivity contribution in [3.8, 4) is 0 Å². The van der Waals surface area contributed by atoms with Crippen molar-refractivity contribution in [2.75, 3.05) is 51.8 Å². The van der Waals surface area contributed by atoms with Crippen molar-refractivity contribution in [3.05, 3.63) is 54.4 Å². The molecule has 170 valence electrons. The summed E-state index contributed by atoms with van der Waals surface area (Å²) in [6, 6.07) is 11.9. The second-order valence-electron chi connectivity index (χ2n) is 7.23. The summed E-state index contributed by atoms with van der Waals surface area (Å²) in [5.74, 6) is 0.788. The number of aromatic nitrogens is 1. The fraction of sp³-hybridized carbons (Fsp3) is 0.455. The highest BCUT2D eigenvalue weighted by Gasteiger charge is 2.12. The summed E-state index contributed by atoms with van der Waals surface area (Å²) < 4.78 is 7.46. The van der Waals surface area contributed by atoms with E-state index < -0.39 is 0 Å². The van der Waals surface area contributed by atoms with Gasteiger partial charge >= 0.3 is 0 Å². The van der Waals surface area contributed by atoms with E-state index in [2.05, 4.69) is 30.4 Å². The zero-order valence-electron chi connectivity index (χ0n) is 18.0. The van der Waals surface area contributed by atoms with Gasteiger partial charge in [0.2, 0.25) is 5.91 Å². The van der Waals surface area contributed by atoms with Gasteiger partial charge in [0, 0.05) is 70.8 Å². The van der Waals surface area contributed by atoms with Crippen molar-refractivity contribution in [2.45, 2.75) is 19.5 Å². The van der Waals surface area contributed by atoms with Crippen molar-refractivity contribution in [1.82, 2.24) is 20.1 Å². The van der Waals surface area contributed by atoms with E-state index in [1.165, 1.54) is 0 Å². The van der Waals surface area contributed by atoms with Gasteiger partial charge in [-0.25, -0.2) is 0 Å². The lowest BCUT2D eigenvalue weighted by atomic mass is 10.2. The fourth-order valence-electron chi connectivity index (χ4n) is 3.30. The van der Waals surface area contributed by atoms with Gasteiger partial charge in [0.15, 0.2) is 5.96 Å². The number of anilines is 1. The Balaban J connectivity index is 0.00000341. The maximum absolute atomic E-state index is 12.3. The van der Waals surface area contributed by atoms with Crippen LogP contribution in [-0.4, -0.2) is 67.8 Å². The van der Waals surface area contributed by atoms with Crippen LogP contribution in [0.15, 0.2) is 53.8 Å². The monoisotopic (exact) mass is 540 g/mol. The summed E-state index contributed by atoms with van der Waals surface area (Å²) in [6.45, 7) is 6.35. The maximum Gasteiger partial charge on any atom is 0.225 e. The molecule has 1 amide bonds. The minimum absolute atomic E-state index is 0. The van der Waals surface area contributed by atoms with Crippen LogP contribution in [0, 0.1) is 0 Å². The lowest BCUT2D eigenvalue weighted by molar-refractivity contribution is -0.116. The van der Waals surface area contributed by atoms with Crippen LogP contribution >= 0.6 is 24.0 Å². The van der Waals surface area contributed by atoms with Gasteiger partial charge < -0.3 is 25.3 Å². The first kappa shape index (κ1) is 25.2. The zero-order valence-corrected chi connectivity index (χ0v) is 20.4. The number of hydrogen-bond donors (Lipinski definition) is 3. The van der Waals surface area contributed by atoms with E-state index in [0.717, 1.165) is 63.1 Å². The Bertz CT molecular complexity index is 806. The lowest BCUT2D eigenvalue weighted by Gasteiger charge is -2.26. The fourth-order valence-corrected chi connectivity index (χ4v) is 3.30. The predicted octanol–water partition coefficient (Wildman–Crippen LogP) is 2.13. The number of carbonyl (C=O) groups excluding carboxylic acids is 1. The van der Waals surface area contributed by atoms with Gasteiger partial charge in [-0.05, 0) is 29.8 Å². The highest BCUT2D eigenvalue weighted by Crippen LogP contribution is 2.11. The van der Waals surface area contributed by atoms with Gasteiger partial charge in [-0.3, -0.25) is 14.7 Å². The smallest absolute Gasteiger partial charge is 0.225 e. The predicted molar refractivity (Wildman–Crippen MR) is 135 cm³/mol. The first-order chi connectivity index (χ1) is 14.7. The number of guanidine groups is 1. The number of rotatable bonds is 9. The van der Waals surface area contributed by atoms with E-state index in [1.54, 1.807) is 7.05 Å². The zero-order chi connectivity index (χ0) is 21.0. The second-order valence-corrected chi connectivity index (χ2v) is 7.23. The molecule has 0 saturated carbocycles. The number of nitrogens with zero attached hydrogens (tertiary/aromatic N) is 3. The maximum atomic E-state index is 12.3. The third-order valence-corrected chi connectivity index (χ3v) is 4.98. The Kier molecular flexibility index (Phi) is 11.4. The van der Waals surface area contributed by atoms with Crippen LogP contribution in [0.5, 0.6) is 0 Å². The Morgan fingerprint density at radius 1 is 1.10 bits per heavy atom. The van der Waals surface area contributed by atoms with Crippen molar-refractivity contribution in [1.29, 1.82) is 0 Å². The van der Waals surface area contributed by atoms with Crippen LogP contribution in [0.2, 0.25) is 0 Å². The summed E-state index contributed by atoms with van der Waals surface area (Å²) in [6.07, 6.45) is 4.57. The van der Waals surface area contributed by atoms with Gasteiger partial charge in [-0.1, -0.05) is 12.1 Å². The molecule has 31 heavy (non-hydrogen) atoms. The van der Waals surface area contributed by atoms with Crippen LogP contribution in [-0.2, 0) is 22.6 Å². The molecule has 0 bridgehead atoms. The van der Waals surface area contributed by atoms with Crippen molar-refractivity contribution < 1.29 is 9.53 Å². The van der Waals surface area contributed by atoms with Gasteiger partial charge in [0.05, 0.1) is 13.2 Å². The van der Waals surface area contributed by atoms with Crippen molar-refractivity contribution in [2.24, 2.45) is 4.99 Å². The average molecular weight is 540 g/mol. The van der Waals surface area contributed by atoms with Crippen LogP contribution in [0.3, 0.4) is 0 Å². The summed E-state index contributed by atoms with van der Waals surface area (Å²) in [4.78, 5) is 18.8. The third kappa shape index (κ3) is 9.28. The van der Waals surface area contributed by atoms with Gasteiger partial charge in [-0.15, -0.1) is 24.0 Å². The minimum Gasteiger partial charge on any atom is -0.379 e. The molecule has 9 heteroatoms. The molecule has 1 aliphatic heterocycles. The summed E-state index contributed by atoms with van der Waals surface area (Å²) in [5, 5.41) is 9.62. The molecule has 2 heterocycles. The third-order valence-electron chi connectivity index (χ3n) is 4.98. The number of carbonyl (C=O) groups is 1. The average Bonchev–Trinajstić information content (AvgIpc) is 3.29. The molecule has 1 aliphatic rings. The molecule has 1 aromatic carbocycles. The van der Waals surface area contributed by atoms with Crippen LogP contribution in [0.25, 0.3) is 0 Å². The Hall–Kier alpha value is -2.11. The van der Waals surface area contributed by atoms with Crippen LogP contribution in [0.4, 0.5) is 5.69 Å². The van der Waals surface area contributed by atoms with Crippen molar-refractivity contribution in [3.63, 3.8) is 0 Å². The summed E-state index contributed by atoms with van der Waals surface area (Å²) >= 11 is 0. The number of nitrogens with one attached hydrogen (secondary N) is 3. The number of halogens is 1. The van der Waals surface area contributed by atoms with E-state index in [9.17, 15) is 4.79 Å². The molecule has 3 rings (SSSR count). The molecular weight excluding hydrogens is 507 g/mol. The first-order valence-electron chi connectivity index (χ1n) is 10.5. The molecular formula is C22H33IN6O2. The molecule has 3 N–H and O–H groups in total. The first-order valence-corrected chi connectivity index (χ1v) is 10.5. The van der Waals surface area contributed by atoms with Crippen LogP contribution < -0.4 is 16.0 Å². The Morgan fingerprint density at radius 2 is 1.87 bits per heavy atom. The van der Waals surface area contributed by atoms with E-state index in [4.69, 9.17) is 4.74 Å². The van der Waals surface area contributed by atoms with Gasteiger partial charge in [-0.2, -0.15) is 0 Å². The Labute approximate surface area is 201 Å². The number of amides is 1. The molecule has 1 fully saturated rings. The quantitative estimate of drug-likeness (QED) is 0.258. The molecule has 0 aliphatic carbocycles. The highest BCUT2D eigenvalue weighted by molar-refractivity contribution is 14.0. The molecule has 8 nitrogen and oxygen atoms in total. The summed E-state index contributed by atoms with van der Waals surface area (Å²) in [7, 11) is 1.76. The standard InChI is InChI=1S/C22H32N6O2.HI/c1-23-22(24-8-12-27-9-2-3-10-27)25-18-19-5-4-6-20(17-19)26-21(29)7-11-28-13-15-30-16-14-28;/h2-6,9-10,17H,7-8,11-16,18H2,1H3,(H,26,29)(H2,23,24,25);1H. The number of benzene rings is 1. The normalized spacial score (nSPS) is 14.5. The lowest BCUT2D eigenvalue weighted by Crippen LogP contribution is -2.38. The SMILES string of the molecule is CN=C(NCCn1cccc1)NCc1cccc(NC(=O)CCN2CCOCC2)c1.I. The van der Waals surface area contributed by atoms with Crippen molar-refractivity contribution >= 4 is 41.5 Å². The molecule has 1 aromatic heterocycles.